The molecule has 0 aliphatic rings. The molecule has 0 aliphatic heterocycles. The van der Waals surface area contributed by atoms with Crippen LogP contribution in [-0.2, 0) is 0 Å². The second kappa shape index (κ2) is 3.11. The number of halogens is 1. The van der Waals surface area contributed by atoms with Crippen LogP contribution in [0, 0.1) is 0 Å². The highest BCUT2D eigenvalue weighted by Gasteiger charge is 2.06. The minimum atomic E-state index is -0.660. The van der Waals surface area contributed by atoms with Crippen LogP contribution in [0.4, 0.5) is 0 Å². The minimum Gasteiger partial charge on any atom is -0.508 e. The fourth-order valence-corrected chi connectivity index (χ4v) is 1.04. The topological polar surface area (TPSA) is 40.5 Å². The number of aliphatic hydroxyl groups is 1. The number of phenols is 1. The summed E-state index contributed by atoms with van der Waals surface area (Å²) in [6.45, 7) is 1.59. The molecule has 3 heteroatoms. The zero-order valence-corrected chi connectivity index (χ0v) is 6.84. The molecule has 1 rings (SSSR count). The van der Waals surface area contributed by atoms with Crippen molar-refractivity contribution in [2.24, 2.45) is 0 Å². The van der Waals surface area contributed by atoms with Gasteiger partial charge in [-0.3, -0.25) is 0 Å². The van der Waals surface area contributed by atoms with Gasteiger partial charge in [-0.2, -0.15) is 0 Å². The van der Waals surface area contributed by atoms with Gasteiger partial charge in [-0.25, -0.2) is 0 Å². The summed E-state index contributed by atoms with van der Waals surface area (Å²) in [5, 5.41) is 18.8. The van der Waals surface area contributed by atoms with E-state index in [1.807, 2.05) is 0 Å². The minimum absolute atomic E-state index is 0.0347. The van der Waals surface area contributed by atoms with Crippen molar-refractivity contribution in [2.75, 3.05) is 0 Å². The summed E-state index contributed by atoms with van der Waals surface area (Å²) < 4.78 is 0. The highest BCUT2D eigenvalue weighted by Crippen LogP contribution is 2.26. The quantitative estimate of drug-likeness (QED) is 0.681. The highest BCUT2D eigenvalue weighted by atomic mass is 35.5. The first-order chi connectivity index (χ1) is 5.11. The van der Waals surface area contributed by atoms with E-state index < -0.39 is 6.10 Å². The lowest BCUT2D eigenvalue weighted by Gasteiger charge is -2.06. The van der Waals surface area contributed by atoms with Crippen LogP contribution in [0.2, 0.25) is 5.02 Å². The molecule has 2 nitrogen and oxygen atoms in total. The Morgan fingerprint density at radius 3 is 2.55 bits per heavy atom. The van der Waals surface area contributed by atoms with Crippen LogP contribution in [-0.4, -0.2) is 10.2 Å². The van der Waals surface area contributed by atoms with Crippen LogP contribution in [0.15, 0.2) is 18.2 Å². The smallest absolute Gasteiger partial charge is 0.122 e. The maximum Gasteiger partial charge on any atom is 0.122 e. The fraction of sp³-hybridized carbons (Fsp3) is 0.250. The third kappa shape index (κ3) is 1.85. The molecule has 0 heterocycles. The van der Waals surface area contributed by atoms with Gasteiger partial charge in [-0.1, -0.05) is 17.7 Å². The van der Waals surface area contributed by atoms with Crippen molar-refractivity contribution in [1.29, 1.82) is 0 Å². The van der Waals surface area contributed by atoms with Crippen molar-refractivity contribution in [1.82, 2.24) is 0 Å². The molecular weight excluding hydrogens is 164 g/mol. The number of rotatable bonds is 1. The third-order valence-corrected chi connectivity index (χ3v) is 1.68. The molecule has 0 amide bonds. The van der Waals surface area contributed by atoms with E-state index in [-0.39, 0.29) is 5.75 Å². The number of hydrogen-bond donors (Lipinski definition) is 2. The van der Waals surface area contributed by atoms with E-state index in [1.165, 1.54) is 6.07 Å². The molecule has 1 aromatic carbocycles. The van der Waals surface area contributed by atoms with Gasteiger partial charge < -0.3 is 10.2 Å². The Hall–Kier alpha value is -0.730. The van der Waals surface area contributed by atoms with E-state index >= 15 is 0 Å². The molecule has 2 N–H and O–H groups in total. The molecule has 1 aromatic rings. The Balaban J connectivity index is 3.09. The second-order valence-electron chi connectivity index (χ2n) is 2.38. The van der Waals surface area contributed by atoms with Crippen LogP contribution >= 0.6 is 11.6 Å². The molecule has 0 aliphatic carbocycles. The first kappa shape index (κ1) is 8.37. The van der Waals surface area contributed by atoms with Gasteiger partial charge >= 0.3 is 0 Å². The van der Waals surface area contributed by atoms with Crippen molar-refractivity contribution in [3.8, 4) is 5.75 Å². The van der Waals surface area contributed by atoms with Gasteiger partial charge in [0.1, 0.15) is 5.75 Å². The fourth-order valence-electron chi connectivity index (χ4n) is 0.870. The average Bonchev–Trinajstić information content (AvgIpc) is 1.85. The molecule has 0 radical (unpaired) electrons. The molecule has 0 bridgehead atoms. The lowest BCUT2D eigenvalue weighted by molar-refractivity contribution is 0.195. The first-order valence-corrected chi connectivity index (χ1v) is 3.65. The molecule has 1 atom stereocenters. The van der Waals surface area contributed by atoms with Crippen molar-refractivity contribution in [2.45, 2.75) is 13.0 Å². The number of phenolic OH excluding ortho intramolecular Hbond substituents is 1. The third-order valence-electron chi connectivity index (χ3n) is 1.44. The largest absolute Gasteiger partial charge is 0.508 e. The summed E-state index contributed by atoms with van der Waals surface area (Å²) in [6.07, 6.45) is -0.660. The van der Waals surface area contributed by atoms with Crippen LogP contribution in [0.1, 0.15) is 18.6 Å². The molecule has 0 saturated carbocycles. The average molecular weight is 173 g/mol. The van der Waals surface area contributed by atoms with Crippen molar-refractivity contribution in [3.63, 3.8) is 0 Å². The lowest BCUT2D eigenvalue weighted by atomic mass is 10.1. The van der Waals surface area contributed by atoms with E-state index in [4.69, 9.17) is 16.7 Å². The van der Waals surface area contributed by atoms with Crippen molar-refractivity contribution in [3.05, 3.63) is 28.8 Å². The predicted molar refractivity (Wildman–Crippen MR) is 43.8 cm³/mol. The summed E-state index contributed by atoms with van der Waals surface area (Å²) >= 11 is 5.58. The normalized spacial score (nSPS) is 13.0. The molecule has 0 saturated heterocycles. The Labute approximate surface area is 70.1 Å². The Morgan fingerprint density at radius 2 is 2.09 bits per heavy atom. The summed E-state index contributed by atoms with van der Waals surface area (Å²) in [5.74, 6) is 0.0347. The summed E-state index contributed by atoms with van der Waals surface area (Å²) in [4.78, 5) is 0. The zero-order chi connectivity index (χ0) is 8.43. The van der Waals surface area contributed by atoms with E-state index in [0.29, 0.717) is 10.6 Å². The Bertz CT molecular complexity index is 258. The van der Waals surface area contributed by atoms with Gasteiger partial charge in [-0.15, -0.1) is 0 Å². The lowest BCUT2D eigenvalue weighted by Crippen LogP contribution is -1.90. The van der Waals surface area contributed by atoms with Gasteiger partial charge in [-0.05, 0) is 19.1 Å². The zero-order valence-electron chi connectivity index (χ0n) is 6.08. The maximum absolute atomic E-state index is 9.22. The summed E-state index contributed by atoms with van der Waals surface area (Å²) in [5.41, 5.74) is 0.495. The number of benzene rings is 1. The van der Waals surface area contributed by atoms with Crippen molar-refractivity contribution >= 4 is 11.6 Å². The highest BCUT2D eigenvalue weighted by molar-refractivity contribution is 6.30. The van der Waals surface area contributed by atoms with E-state index in [9.17, 15) is 5.11 Å². The Kier molecular flexibility index (Phi) is 2.37. The van der Waals surface area contributed by atoms with Gasteiger partial charge in [0, 0.05) is 10.6 Å². The van der Waals surface area contributed by atoms with Crippen LogP contribution in [0.3, 0.4) is 0 Å². The molecular formula is C8H9ClO2. The standard InChI is InChI=1S/C8H9ClO2/c1-5(10)7-3-2-6(9)4-8(7)11/h2-5,10-11H,1H3. The summed E-state index contributed by atoms with van der Waals surface area (Å²) in [7, 11) is 0. The molecule has 0 spiro atoms. The first-order valence-electron chi connectivity index (χ1n) is 3.27. The SMILES string of the molecule is CC(O)c1ccc(Cl)cc1O. The van der Waals surface area contributed by atoms with Crippen LogP contribution < -0.4 is 0 Å². The second-order valence-corrected chi connectivity index (χ2v) is 2.82. The summed E-state index contributed by atoms with van der Waals surface area (Å²) in [6, 6.07) is 4.63. The van der Waals surface area contributed by atoms with Gasteiger partial charge in [0.25, 0.3) is 0 Å². The number of aromatic hydroxyl groups is 1. The maximum atomic E-state index is 9.22. The van der Waals surface area contributed by atoms with Crippen molar-refractivity contribution < 1.29 is 10.2 Å². The number of aliphatic hydroxyl groups excluding tert-OH is 1. The molecule has 0 aromatic heterocycles. The monoisotopic (exact) mass is 172 g/mol. The predicted octanol–water partition coefficient (Wildman–Crippen LogP) is 2.10. The van der Waals surface area contributed by atoms with Gasteiger partial charge in [0.2, 0.25) is 0 Å². The van der Waals surface area contributed by atoms with E-state index in [2.05, 4.69) is 0 Å². The van der Waals surface area contributed by atoms with Gasteiger partial charge in [0.15, 0.2) is 0 Å². The van der Waals surface area contributed by atoms with Crippen LogP contribution in [0.25, 0.3) is 0 Å². The Morgan fingerprint density at radius 1 is 1.45 bits per heavy atom. The molecule has 0 fully saturated rings. The molecule has 60 valence electrons. The molecule has 1 unspecified atom stereocenters. The van der Waals surface area contributed by atoms with Gasteiger partial charge in [0.05, 0.1) is 6.10 Å². The van der Waals surface area contributed by atoms with E-state index in [1.54, 1.807) is 19.1 Å². The molecule has 11 heavy (non-hydrogen) atoms. The van der Waals surface area contributed by atoms with Crippen LogP contribution in [0.5, 0.6) is 5.75 Å². The number of hydrogen-bond acceptors (Lipinski definition) is 2. The van der Waals surface area contributed by atoms with E-state index in [0.717, 1.165) is 0 Å².